The molecule has 2 atom stereocenters. The number of nitro benzene ring substituents is 1. The maximum atomic E-state index is 10.6. The van der Waals surface area contributed by atoms with E-state index in [1.807, 2.05) is 13.8 Å². The lowest BCUT2D eigenvalue weighted by Crippen LogP contribution is -2.49. The molecule has 108 valence electrons. The van der Waals surface area contributed by atoms with Crippen LogP contribution in [0.2, 0.25) is 0 Å². The van der Waals surface area contributed by atoms with Gasteiger partial charge < -0.3 is 15.0 Å². The second kappa shape index (κ2) is 6.15. The molecule has 0 radical (unpaired) electrons. The molecule has 1 heterocycles. The van der Waals surface area contributed by atoms with Gasteiger partial charge in [0.05, 0.1) is 17.1 Å². The summed E-state index contributed by atoms with van der Waals surface area (Å²) in [6, 6.07) is 6.21. The Bertz CT molecular complexity index is 496. The summed E-state index contributed by atoms with van der Waals surface area (Å²) in [6.45, 7) is 5.50. The fourth-order valence-corrected chi connectivity index (χ4v) is 2.48. The topological polar surface area (TPSA) is 67.6 Å². The van der Waals surface area contributed by atoms with E-state index in [4.69, 9.17) is 17.0 Å². The third kappa shape index (κ3) is 3.64. The van der Waals surface area contributed by atoms with E-state index in [0.29, 0.717) is 5.11 Å². The van der Waals surface area contributed by atoms with Crippen LogP contribution in [0.15, 0.2) is 24.3 Å². The van der Waals surface area contributed by atoms with Gasteiger partial charge in [0.1, 0.15) is 0 Å². The SMILES string of the molecule is C[C@@H]1CN(C(=S)Nc2ccc([N+](=O)[O-])cc2)C[C@@H](C)O1. The number of hydrogen-bond acceptors (Lipinski definition) is 4. The third-order valence-electron chi connectivity index (χ3n) is 3.04. The fourth-order valence-electron chi connectivity index (χ4n) is 2.21. The van der Waals surface area contributed by atoms with Crippen molar-refractivity contribution in [3.63, 3.8) is 0 Å². The Morgan fingerprint density at radius 1 is 1.35 bits per heavy atom. The van der Waals surface area contributed by atoms with Gasteiger partial charge in [0.2, 0.25) is 0 Å². The second-order valence-corrected chi connectivity index (χ2v) is 5.28. The van der Waals surface area contributed by atoms with Crippen molar-refractivity contribution in [2.24, 2.45) is 0 Å². The molecule has 2 rings (SSSR count). The number of rotatable bonds is 2. The monoisotopic (exact) mass is 295 g/mol. The van der Waals surface area contributed by atoms with Crippen molar-refractivity contribution < 1.29 is 9.66 Å². The van der Waals surface area contributed by atoms with Crippen LogP contribution in [0, 0.1) is 10.1 Å². The average Bonchev–Trinajstić information content (AvgIpc) is 2.38. The van der Waals surface area contributed by atoms with Crippen molar-refractivity contribution >= 4 is 28.7 Å². The molecule has 0 aliphatic carbocycles. The van der Waals surface area contributed by atoms with Crippen molar-refractivity contribution in [3.8, 4) is 0 Å². The summed E-state index contributed by atoms with van der Waals surface area (Å²) in [7, 11) is 0. The van der Waals surface area contributed by atoms with Gasteiger partial charge in [0, 0.05) is 30.9 Å². The number of ether oxygens (including phenoxy) is 1. The minimum Gasteiger partial charge on any atom is -0.372 e. The van der Waals surface area contributed by atoms with E-state index in [1.54, 1.807) is 12.1 Å². The van der Waals surface area contributed by atoms with E-state index in [9.17, 15) is 10.1 Å². The summed E-state index contributed by atoms with van der Waals surface area (Å²) >= 11 is 5.37. The van der Waals surface area contributed by atoms with Crippen LogP contribution in [0.4, 0.5) is 11.4 Å². The summed E-state index contributed by atoms with van der Waals surface area (Å²) < 4.78 is 5.65. The van der Waals surface area contributed by atoms with Gasteiger partial charge in [-0.15, -0.1) is 0 Å². The van der Waals surface area contributed by atoms with Gasteiger partial charge in [-0.3, -0.25) is 10.1 Å². The molecule has 0 unspecified atom stereocenters. The summed E-state index contributed by atoms with van der Waals surface area (Å²) in [5.41, 5.74) is 0.808. The number of nitrogens with zero attached hydrogens (tertiary/aromatic N) is 2. The van der Waals surface area contributed by atoms with E-state index in [-0.39, 0.29) is 17.9 Å². The molecule has 0 amide bonds. The molecule has 1 aromatic carbocycles. The molecule has 7 heteroatoms. The first-order valence-electron chi connectivity index (χ1n) is 6.41. The minimum atomic E-state index is -0.423. The molecule has 1 aromatic rings. The second-order valence-electron chi connectivity index (χ2n) is 4.90. The maximum Gasteiger partial charge on any atom is 0.269 e. The number of anilines is 1. The number of nitrogens with one attached hydrogen (secondary N) is 1. The lowest BCUT2D eigenvalue weighted by atomic mass is 10.2. The van der Waals surface area contributed by atoms with Crippen LogP contribution < -0.4 is 5.32 Å². The summed E-state index contributed by atoms with van der Waals surface area (Å²) in [5, 5.41) is 14.3. The highest BCUT2D eigenvalue weighted by Gasteiger charge is 2.23. The van der Waals surface area contributed by atoms with Crippen LogP contribution in [0.5, 0.6) is 0 Å². The van der Waals surface area contributed by atoms with Gasteiger partial charge in [-0.2, -0.15) is 0 Å². The fraction of sp³-hybridized carbons (Fsp3) is 0.462. The van der Waals surface area contributed by atoms with Crippen LogP contribution in [0.1, 0.15) is 13.8 Å². The Hall–Kier alpha value is -1.73. The molecule has 1 N–H and O–H groups in total. The Kier molecular flexibility index (Phi) is 4.51. The molecule has 1 saturated heterocycles. The largest absolute Gasteiger partial charge is 0.372 e. The number of hydrogen-bond donors (Lipinski definition) is 1. The van der Waals surface area contributed by atoms with Gasteiger partial charge in [0.25, 0.3) is 5.69 Å². The molecular formula is C13H17N3O3S. The highest BCUT2D eigenvalue weighted by Crippen LogP contribution is 2.17. The van der Waals surface area contributed by atoms with Crippen LogP contribution in [-0.4, -0.2) is 40.2 Å². The van der Waals surface area contributed by atoms with E-state index in [0.717, 1.165) is 18.8 Å². The van der Waals surface area contributed by atoms with Gasteiger partial charge >= 0.3 is 0 Å². The minimum absolute atomic E-state index is 0.0649. The predicted octanol–water partition coefficient (Wildman–Crippen LogP) is 2.40. The van der Waals surface area contributed by atoms with E-state index in [2.05, 4.69) is 10.2 Å². The molecule has 0 saturated carbocycles. The van der Waals surface area contributed by atoms with E-state index >= 15 is 0 Å². The smallest absolute Gasteiger partial charge is 0.269 e. The predicted molar refractivity (Wildman–Crippen MR) is 80.9 cm³/mol. The van der Waals surface area contributed by atoms with Crippen molar-refractivity contribution in [1.82, 2.24) is 4.90 Å². The summed E-state index contributed by atoms with van der Waals surface area (Å²) in [6.07, 6.45) is 0.269. The lowest BCUT2D eigenvalue weighted by Gasteiger charge is -2.36. The molecule has 1 aliphatic heterocycles. The number of benzene rings is 1. The van der Waals surface area contributed by atoms with Gasteiger partial charge in [0.15, 0.2) is 5.11 Å². The molecule has 0 bridgehead atoms. The Morgan fingerprint density at radius 2 is 1.90 bits per heavy atom. The molecular weight excluding hydrogens is 278 g/mol. The Morgan fingerprint density at radius 3 is 2.40 bits per heavy atom. The van der Waals surface area contributed by atoms with E-state index < -0.39 is 4.92 Å². The zero-order valence-corrected chi connectivity index (χ0v) is 12.2. The van der Waals surface area contributed by atoms with Gasteiger partial charge in [-0.25, -0.2) is 0 Å². The highest BCUT2D eigenvalue weighted by atomic mass is 32.1. The standard InChI is InChI=1S/C13H17N3O3S/c1-9-7-15(8-10(2)19-9)13(20)14-11-3-5-12(6-4-11)16(17)18/h3-6,9-10H,7-8H2,1-2H3,(H,14,20)/t9-,10-/m1/s1. The van der Waals surface area contributed by atoms with Crippen molar-refractivity contribution in [2.45, 2.75) is 26.1 Å². The van der Waals surface area contributed by atoms with Gasteiger partial charge in [-0.05, 0) is 38.2 Å². The maximum absolute atomic E-state index is 10.6. The first-order valence-corrected chi connectivity index (χ1v) is 6.82. The van der Waals surface area contributed by atoms with Crippen LogP contribution in [-0.2, 0) is 4.74 Å². The molecule has 0 aromatic heterocycles. The first kappa shape index (κ1) is 14.7. The summed E-state index contributed by atoms with van der Waals surface area (Å²) in [5.74, 6) is 0. The quantitative estimate of drug-likeness (QED) is 0.513. The molecule has 20 heavy (non-hydrogen) atoms. The first-order chi connectivity index (χ1) is 9.45. The number of nitro groups is 1. The summed E-state index contributed by atoms with van der Waals surface area (Å²) in [4.78, 5) is 12.2. The number of non-ortho nitro benzene ring substituents is 1. The van der Waals surface area contributed by atoms with E-state index in [1.165, 1.54) is 12.1 Å². The van der Waals surface area contributed by atoms with Crippen LogP contribution in [0.3, 0.4) is 0 Å². The Labute approximate surface area is 122 Å². The molecule has 0 spiro atoms. The average molecular weight is 295 g/mol. The zero-order chi connectivity index (χ0) is 14.7. The van der Waals surface area contributed by atoms with Crippen molar-refractivity contribution in [3.05, 3.63) is 34.4 Å². The lowest BCUT2D eigenvalue weighted by molar-refractivity contribution is -0.384. The normalized spacial score (nSPS) is 22.4. The molecule has 6 nitrogen and oxygen atoms in total. The molecule has 1 fully saturated rings. The highest BCUT2D eigenvalue weighted by molar-refractivity contribution is 7.80. The number of thiocarbonyl (C=S) groups is 1. The molecule has 1 aliphatic rings. The van der Waals surface area contributed by atoms with Crippen molar-refractivity contribution in [1.29, 1.82) is 0 Å². The van der Waals surface area contributed by atoms with Crippen molar-refractivity contribution in [2.75, 3.05) is 18.4 Å². The number of morpholine rings is 1. The zero-order valence-electron chi connectivity index (χ0n) is 11.4. The van der Waals surface area contributed by atoms with Crippen LogP contribution in [0.25, 0.3) is 0 Å². The Balaban J connectivity index is 1.98. The van der Waals surface area contributed by atoms with Crippen LogP contribution >= 0.6 is 12.2 Å². The van der Waals surface area contributed by atoms with Gasteiger partial charge in [-0.1, -0.05) is 0 Å². The third-order valence-corrected chi connectivity index (χ3v) is 3.40.